The molecule has 0 amide bonds. The smallest absolute Gasteiger partial charge is 0.123 e. The Hall–Kier alpha value is -1.15. The first kappa shape index (κ1) is 24.1. The molecule has 0 heterocycles. The van der Waals surface area contributed by atoms with Gasteiger partial charge in [-0.15, -0.1) is 0 Å². The van der Waals surface area contributed by atoms with Crippen molar-refractivity contribution in [2.45, 2.75) is 73.6 Å². The molecule has 0 fully saturated rings. The molecule has 0 aliphatic heterocycles. The minimum atomic E-state index is -0.183. The van der Waals surface area contributed by atoms with Gasteiger partial charge in [-0.05, 0) is 54.5 Å². The third kappa shape index (κ3) is 12.0. The number of benzene rings is 1. The highest BCUT2D eigenvalue weighted by atomic mass is 19.1. The number of allylic oxidation sites excluding steroid dienone is 1. The van der Waals surface area contributed by atoms with Crippen LogP contribution in [0.2, 0.25) is 0 Å². The molecule has 0 spiro atoms. The van der Waals surface area contributed by atoms with Gasteiger partial charge in [0.2, 0.25) is 0 Å². The Morgan fingerprint density at radius 3 is 2.30 bits per heavy atom. The molecular weight excluding hydrogens is 287 g/mol. The lowest BCUT2D eigenvalue weighted by Crippen LogP contribution is -1.98. The van der Waals surface area contributed by atoms with Crippen molar-refractivity contribution in [1.82, 2.24) is 0 Å². The molecule has 1 aromatic carbocycles. The van der Waals surface area contributed by atoms with Crippen LogP contribution in [0.25, 0.3) is 5.57 Å². The molecule has 0 aliphatic rings. The Kier molecular flexibility index (Phi) is 16.5. The van der Waals surface area contributed by atoms with E-state index in [4.69, 9.17) is 5.11 Å². The summed E-state index contributed by atoms with van der Waals surface area (Å²) in [5.74, 6) is 0.327. The highest BCUT2D eigenvalue weighted by Gasteiger charge is 2.03. The van der Waals surface area contributed by atoms with Crippen LogP contribution in [0.4, 0.5) is 4.39 Å². The van der Waals surface area contributed by atoms with Gasteiger partial charge >= 0.3 is 0 Å². The zero-order valence-corrected chi connectivity index (χ0v) is 16.1. The number of rotatable bonds is 7. The van der Waals surface area contributed by atoms with Crippen LogP contribution in [0, 0.1) is 18.7 Å². The summed E-state index contributed by atoms with van der Waals surface area (Å²) in [5, 5.41) is 8.56. The topological polar surface area (TPSA) is 20.2 Å². The quantitative estimate of drug-likeness (QED) is 0.586. The van der Waals surface area contributed by atoms with Crippen molar-refractivity contribution in [2.75, 3.05) is 6.61 Å². The monoisotopic (exact) mass is 324 g/mol. The zero-order chi connectivity index (χ0) is 18.3. The molecule has 23 heavy (non-hydrogen) atoms. The summed E-state index contributed by atoms with van der Waals surface area (Å²) in [6.07, 6.45) is 5.65. The molecule has 0 aromatic heterocycles. The van der Waals surface area contributed by atoms with Crippen molar-refractivity contribution in [2.24, 2.45) is 5.92 Å². The van der Waals surface area contributed by atoms with Crippen molar-refractivity contribution in [3.63, 3.8) is 0 Å². The van der Waals surface area contributed by atoms with Gasteiger partial charge < -0.3 is 5.11 Å². The van der Waals surface area contributed by atoms with Gasteiger partial charge in [0.25, 0.3) is 0 Å². The molecule has 1 atom stereocenters. The molecular formula is C21H37FO. The largest absolute Gasteiger partial charge is 0.396 e. The van der Waals surface area contributed by atoms with Gasteiger partial charge in [0.1, 0.15) is 5.82 Å². The Morgan fingerprint density at radius 1 is 1.22 bits per heavy atom. The summed E-state index contributed by atoms with van der Waals surface area (Å²) in [6.45, 7) is 16.6. The average molecular weight is 325 g/mol. The van der Waals surface area contributed by atoms with Crippen LogP contribution in [0.15, 0.2) is 24.8 Å². The first-order chi connectivity index (χ1) is 11.0. The minimum absolute atomic E-state index is 0.183. The maximum atomic E-state index is 12.9. The van der Waals surface area contributed by atoms with E-state index >= 15 is 0 Å². The first-order valence-electron chi connectivity index (χ1n) is 9.01. The van der Waals surface area contributed by atoms with Gasteiger partial charge in [-0.1, -0.05) is 66.5 Å². The molecule has 2 heteroatoms. The number of aliphatic hydroxyl groups excluding tert-OH is 1. The molecule has 0 saturated carbocycles. The average Bonchev–Trinajstić information content (AvgIpc) is 2.57. The fraction of sp³-hybridized carbons (Fsp3) is 0.619. The normalized spacial score (nSPS) is 10.8. The van der Waals surface area contributed by atoms with Crippen LogP contribution >= 0.6 is 0 Å². The number of hydrogen-bond donors (Lipinski definition) is 1. The van der Waals surface area contributed by atoms with Crippen LogP contribution in [0.5, 0.6) is 0 Å². The SMILES string of the molecule is C=C(CCC)c1cc(F)ccc1C.CC.CCCCC(C)CO. The summed E-state index contributed by atoms with van der Waals surface area (Å²) < 4.78 is 12.9. The summed E-state index contributed by atoms with van der Waals surface area (Å²) in [5.41, 5.74) is 3.08. The summed E-state index contributed by atoms with van der Waals surface area (Å²) in [7, 11) is 0. The van der Waals surface area contributed by atoms with Crippen LogP contribution in [-0.2, 0) is 0 Å². The third-order valence-electron chi connectivity index (χ3n) is 3.49. The van der Waals surface area contributed by atoms with Gasteiger partial charge in [-0.3, -0.25) is 0 Å². The van der Waals surface area contributed by atoms with Crippen molar-refractivity contribution in [3.8, 4) is 0 Å². The number of halogens is 1. The van der Waals surface area contributed by atoms with Crippen molar-refractivity contribution in [3.05, 3.63) is 41.7 Å². The lowest BCUT2D eigenvalue weighted by Gasteiger charge is -2.07. The van der Waals surface area contributed by atoms with Gasteiger partial charge in [0, 0.05) is 6.61 Å². The second kappa shape index (κ2) is 15.7. The van der Waals surface area contributed by atoms with Crippen LogP contribution in [0.3, 0.4) is 0 Å². The fourth-order valence-electron chi connectivity index (χ4n) is 2.06. The molecule has 1 aromatic rings. The Labute approximate surface area is 143 Å². The number of aryl methyl sites for hydroxylation is 1. The van der Waals surface area contributed by atoms with E-state index in [1.54, 1.807) is 12.1 Å². The fourth-order valence-corrected chi connectivity index (χ4v) is 2.06. The van der Waals surface area contributed by atoms with E-state index in [0.29, 0.717) is 12.5 Å². The molecule has 134 valence electrons. The lowest BCUT2D eigenvalue weighted by atomic mass is 9.98. The van der Waals surface area contributed by atoms with E-state index in [9.17, 15) is 4.39 Å². The maximum absolute atomic E-state index is 12.9. The van der Waals surface area contributed by atoms with E-state index in [1.807, 2.05) is 20.8 Å². The van der Waals surface area contributed by atoms with E-state index in [1.165, 1.54) is 25.3 Å². The highest BCUT2D eigenvalue weighted by molar-refractivity contribution is 5.66. The van der Waals surface area contributed by atoms with Crippen molar-refractivity contribution < 1.29 is 9.50 Å². The van der Waals surface area contributed by atoms with Crippen LogP contribution in [-0.4, -0.2) is 11.7 Å². The summed E-state index contributed by atoms with van der Waals surface area (Å²) >= 11 is 0. The zero-order valence-electron chi connectivity index (χ0n) is 16.1. The molecule has 1 nitrogen and oxygen atoms in total. The maximum Gasteiger partial charge on any atom is 0.123 e. The molecule has 1 N–H and O–H groups in total. The molecule has 1 rings (SSSR count). The van der Waals surface area contributed by atoms with Gasteiger partial charge in [0.15, 0.2) is 0 Å². The lowest BCUT2D eigenvalue weighted by molar-refractivity contribution is 0.228. The Morgan fingerprint density at radius 2 is 1.83 bits per heavy atom. The third-order valence-corrected chi connectivity index (χ3v) is 3.49. The van der Waals surface area contributed by atoms with Crippen LogP contribution in [0.1, 0.15) is 77.8 Å². The Balaban J connectivity index is 0. The van der Waals surface area contributed by atoms with Gasteiger partial charge in [-0.2, -0.15) is 0 Å². The molecule has 0 radical (unpaired) electrons. The standard InChI is InChI=1S/C12H15F.C7H16O.C2H6/c1-4-5-9(2)12-8-11(13)7-6-10(12)3;1-3-4-5-7(2)6-8;1-2/h6-8H,2,4-5H2,1,3H3;7-8H,3-6H2,1-2H3;1-2H3. The molecule has 1 unspecified atom stereocenters. The minimum Gasteiger partial charge on any atom is -0.396 e. The highest BCUT2D eigenvalue weighted by Crippen LogP contribution is 2.22. The first-order valence-corrected chi connectivity index (χ1v) is 9.01. The molecule has 0 bridgehead atoms. The van der Waals surface area contributed by atoms with Crippen molar-refractivity contribution in [1.29, 1.82) is 0 Å². The predicted octanol–water partition coefficient (Wildman–Crippen LogP) is 6.78. The number of unbranched alkanes of at least 4 members (excludes halogenated alkanes) is 1. The van der Waals surface area contributed by atoms with E-state index in [0.717, 1.165) is 29.5 Å². The van der Waals surface area contributed by atoms with Gasteiger partial charge in [-0.25, -0.2) is 4.39 Å². The number of hydrogen-bond acceptors (Lipinski definition) is 1. The van der Waals surface area contributed by atoms with Crippen molar-refractivity contribution >= 4 is 5.57 Å². The van der Waals surface area contributed by atoms with Gasteiger partial charge in [0.05, 0.1) is 0 Å². The van der Waals surface area contributed by atoms with Crippen LogP contribution < -0.4 is 0 Å². The predicted molar refractivity (Wildman–Crippen MR) is 102 cm³/mol. The van der Waals surface area contributed by atoms with E-state index in [-0.39, 0.29) is 5.82 Å². The summed E-state index contributed by atoms with van der Waals surface area (Å²) in [4.78, 5) is 0. The molecule has 0 aliphatic carbocycles. The second-order valence-electron chi connectivity index (χ2n) is 5.74. The second-order valence-corrected chi connectivity index (χ2v) is 5.74. The van der Waals surface area contributed by atoms with E-state index in [2.05, 4.69) is 27.4 Å². The molecule has 0 saturated heterocycles. The summed E-state index contributed by atoms with van der Waals surface area (Å²) in [6, 6.07) is 4.84. The van der Waals surface area contributed by atoms with E-state index < -0.39 is 0 Å². The Bertz CT molecular complexity index is 412. The number of aliphatic hydroxyl groups is 1.